The Kier molecular flexibility index (Phi) is 5.54. The first kappa shape index (κ1) is 15.6. The van der Waals surface area contributed by atoms with Crippen molar-refractivity contribution in [1.82, 2.24) is 10.3 Å². The highest BCUT2D eigenvalue weighted by Gasteiger charge is 2.03. The van der Waals surface area contributed by atoms with Gasteiger partial charge in [-0.15, -0.1) is 0 Å². The molecule has 0 radical (unpaired) electrons. The lowest BCUT2D eigenvalue weighted by atomic mass is 10.2. The fourth-order valence-corrected chi connectivity index (χ4v) is 1.88. The number of methoxy groups -OCH3 is 2. The largest absolute Gasteiger partial charge is 0.493 e. The standard InChI is InChI=1S/C17H18N2O3/c1-21-15-5-3-13(11-16(15)22-2)4-6-17(20)19-12-14-7-9-18-10-8-14/h3-11H,12H2,1-2H3,(H,19,20)/b6-4+. The summed E-state index contributed by atoms with van der Waals surface area (Å²) in [5, 5.41) is 2.81. The van der Waals surface area contributed by atoms with Crippen LogP contribution in [0, 0.1) is 0 Å². The van der Waals surface area contributed by atoms with Crippen molar-refractivity contribution in [2.45, 2.75) is 6.54 Å². The fraction of sp³-hybridized carbons (Fsp3) is 0.176. The first-order valence-electron chi connectivity index (χ1n) is 6.80. The molecule has 0 aliphatic rings. The molecule has 2 aromatic rings. The van der Waals surface area contributed by atoms with Gasteiger partial charge in [0.25, 0.3) is 0 Å². The Morgan fingerprint density at radius 2 is 1.86 bits per heavy atom. The average molecular weight is 298 g/mol. The van der Waals surface area contributed by atoms with Crippen molar-refractivity contribution in [1.29, 1.82) is 0 Å². The molecule has 1 amide bonds. The van der Waals surface area contributed by atoms with Crippen molar-refractivity contribution >= 4 is 12.0 Å². The van der Waals surface area contributed by atoms with Crippen LogP contribution in [0.25, 0.3) is 6.08 Å². The molecule has 0 atom stereocenters. The Morgan fingerprint density at radius 3 is 2.55 bits per heavy atom. The van der Waals surface area contributed by atoms with Crippen LogP contribution in [-0.4, -0.2) is 25.1 Å². The van der Waals surface area contributed by atoms with Crippen molar-refractivity contribution in [3.05, 3.63) is 59.9 Å². The number of hydrogen-bond acceptors (Lipinski definition) is 4. The molecule has 0 aliphatic heterocycles. The predicted octanol–water partition coefficient (Wildman–Crippen LogP) is 2.43. The monoisotopic (exact) mass is 298 g/mol. The van der Waals surface area contributed by atoms with Crippen LogP contribution >= 0.6 is 0 Å². The Bertz CT molecular complexity index is 654. The topological polar surface area (TPSA) is 60.5 Å². The molecular weight excluding hydrogens is 280 g/mol. The summed E-state index contributed by atoms with van der Waals surface area (Å²) in [6.45, 7) is 0.470. The number of benzene rings is 1. The number of pyridine rings is 1. The van der Waals surface area contributed by atoms with Crippen molar-refractivity contribution in [3.8, 4) is 11.5 Å². The van der Waals surface area contributed by atoms with Gasteiger partial charge in [-0.25, -0.2) is 0 Å². The van der Waals surface area contributed by atoms with Gasteiger partial charge >= 0.3 is 0 Å². The van der Waals surface area contributed by atoms with E-state index in [-0.39, 0.29) is 5.91 Å². The van der Waals surface area contributed by atoms with Gasteiger partial charge in [0.15, 0.2) is 11.5 Å². The van der Waals surface area contributed by atoms with Crippen LogP contribution in [0.4, 0.5) is 0 Å². The van der Waals surface area contributed by atoms with E-state index in [2.05, 4.69) is 10.3 Å². The molecular formula is C17H18N2O3. The van der Waals surface area contributed by atoms with E-state index in [1.807, 2.05) is 24.3 Å². The Hall–Kier alpha value is -2.82. The molecule has 1 N–H and O–H groups in total. The SMILES string of the molecule is COc1ccc(/C=C/C(=O)NCc2ccncc2)cc1OC. The second kappa shape index (κ2) is 7.83. The lowest BCUT2D eigenvalue weighted by molar-refractivity contribution is -0.116. The van der Waals surface area contributed by atoms with Gasteiger partial charge in [0.05, 0.1) is 14.2 Å². The molecule has 0 fully saturated rings. The van der Waals surface area contributed by atoms with Crippen molar-refractivity contribution in [3.63, 3.8) is 0 Å². The van der Waals surface area contributed by atoms with Crippen LogP contribution in [0.2, 0.25) is 0 Å². The first-order valence-corrected chi connectivity index (χ1v) is 6.80. The smallest absolute Gasteiger partial charge is 0.244 e. The van der Waals surface area contributed by atoms with Crippen LogP contribution in [-0.2, 0) is 11.3 Å². The summed E-state index contributed by atoms with van der Waals surface area (Å²) in [6.07, 6.45) is 6.61. The van der Waals surface area contributed by atoms with Gasteiger partial charge in [-0.3, -0.25) is 9.78 Å². The van der Waals surface area contributed by atoms with E-state index in [9.17, 15) is 4.79 Å². The van der Waals surface area contributed by atoms with Gasteiger partial charge in [0.1, 0.15) is 0 Å². The number of nitrogens with zero attached hydrogens (tertiary/aromatic N) is 1. The average Bonchev–Trinajstić information content (AvgIpc) is 2.58. The van der Waals surface area contributed by atoms with E-state index in [4.69, 9.17) is 9.47 Å². The molecule has 0 bridgehead atoms. The van der Waals surface area contributed by atoms with Crippen LogP contribution < -0.4 is 14.8 Å². The summed E-state index contributed by atoms with van der Waals surface area (Å²) in [7, 11) is 3.16. The summed E-state index contributed by atoms with van der Waals surface area (Å²) in [6, 6.07) is 9.18. The zero-order valence-electron chi connectivity index (χ0n) is 12.6. The van der Waals surface area contributed by atoms with Gasteiger partial charge in [-0.05, 0) is 41.5 Å². The molecule has 5 heteroatoms. The number of nitrogens with one attached hydrogen (secondary N) is 1. The van der Waals surface area contributed by atoms with E-state index in [1.54, 1.807) is 38.8 Å². The highest BCUT2D eigenvalue weighted by atomic mass is 16.5. The van der Waals surface area contributed by atoms with Crippen LogP contribution in [0.1, 0.15) is 11.1 Å². The molecule has 0 saturated heterocycles. The summed E-state index contributed by atoms with van der Waals surface area (Å²) in [5.41, 5.74) is 1.86. The Morgan fingerprint density at radius 1 is 1.14 bits per heavy atom. The van der Waals surface area contributed by atoms with E-state index in [1.165, 1.54) is 6.08 Å². The zero-order chi connectivity index (χ0) is 15.8. The van der Waals surface area contributed by atoms with Crippen LogP contribution in [0.15, 0.2) is 48.8 Å². The summed E-state index contributed by atoms with van der Waals surface area (Å²) < 4.78 is 10.4. The van der Waals surface area contributed by atoms with E-state index < -0.39 is 0 Å². The van der Waals surface area contributed by atoms with E-state index >= 15 is 0 Å². The Balaban J connectivity index is 1.95. The van der Waals surface area contributed by atoms with Gasteiger partial charge in [-0.1, -0.05) is 6.07 Å². The third-order valence-electron chi connectivity index (χ3n) is 3.05. The highest BCUT2D eigenvalue weighted by molar-refractivity contribution is 5.91. The molecule has 114 valence electrons. The fourth-order valence-electron chi connectivity index (χ4n) is 1.88. The number of carbonyl (C=O) groups excluding carboxylic acids is 1. The van der Waals surface area contributed by atoms with E-state index in [0.717, 1.165) is 11.1 Å². The quantitative estimate of drug-likeness (QED) is 0.832. The van der Waals surface area contributed by atoms with Crippen molar-refractivity contribution < 1.29 is 14.3 Å². The molecule has 0 unspecified atom stereocenters. The number of hydrogen-bond donors (Lipinski definition) is 1. The number of amides is 1. The molecule has 22 heavy (non-hydrogen) atoms. The van der Waals surface area contributed by atoms with Gasteiger partial charge < -0.3 is 14.8 Å². The molecule has 0 aliphatic carbocycles. The van der Waals surface area contributed by atoms with Crippen molar-refractivity contribution in [2.75, 3.05) is 14.2 Å². The Labute approximate surface area is 129 Å². The maximum Gasteiger partial charge on any atom is 0.244 e. The highest BCUT2D eigenvalue weighted by Crippen LogP contribution is 2.27. The minimum Gasteiger partial charge on any atom is -0.493 e. The minimum absolute atomic E-state index is 0.161. The van der Waals surface area contributed by atoms with Crippen LogP contribution in [0.5, 0.6) is 11.5 Å². The third-order valence-corrected chi connectivity index (χ3v) is 3.05. The van der Waals surface area contributed by atoms with Gasteiger partial charge in [-0.2, -0.15) is 0 Å². The third kappa shape index (κ3) is 4.34. The summed E-state index contributed by atoms with van der Waals surface area (Å²) in [5.74, 6) is 1.12. The number of carbonyl (C=O) groups is 1. The molecule has 0 spiro atoms. The lowest BCUT2D eigenvalue weighted by Crippen LogP contribution is -2.20. The molecule has 2 rings (SSSR count). The molecule has 1 aromatic heterocycles. The summed E-state index contributed by atoms with van der Waals surface area (Å²) >= 11 is 0. The molecule has 1 heterocycles. The molecule has 1 aromatic carbocycles. The normalized spacial score (nSPS) is 10.5. The van der Waals surface area contributed by atoms with E-state index in [0.29, 0.717) is 18.0 Å². The second-order valence-corrected chi connectivity index (χ2v) is 4.52. The van der Waals surface area contributed by atoms with Gasteiger partial charge in [0, 0.05) is 25.0 Å². The molecule has 5 nitrogen and oxygen atoms in total. The maximum atomic E-state index is 11.8. The van der Waals surface area contributed by atoms with Crippen LogP contribution in [0.3, 0.4) is 0 Å². The number of ether oxygens (including phenoxy) is 2. The molecule has 0 saturated carbocycles. The second-order valence-electron chi connectivity index (χ2n) is 4.52. The number of aromatic nitrogens is 1. The zero-order valence-corrected chi connectivity index (χ0v) is 12.6. The minimum atomic E-state index is -0.161. The number of rotatable bonds is 6. The predicted molar refractivity (Wildman–Crippen MR) is 84.7 cm³/mol. The van der Waals surface area contributed by atoms with Gasteiger partial charge in [0.2, 0.25) is 5.91 Å². The maximum absolute atomic E-state index is 11.8. The summed E-state index contributed by atoms with van der Waals surface area (Å²) in [4.78, 5) is 15.7. The van der Waals surface area contributed by atoms with Crippen molar-refractivity contribution in [2.24, 2.45) is 0 Å². The first-order chi connectivity index (χ1) is 10.7. The lowest BCUT2D eigenvalue weighted by Gasteiger charge is -2.07.